The monoisotopic (exact) mass is 227 g/mol. The number of allylic oxidation sites excluding steroid dienone is 1. The fourth-order valence-electron chi connectivity index (χ4n) is 1.34. The highest BCUT2D eigenvalue weighted by molar-refractivity contribution is 5.75. The van der Waals surface area contributed by atoms with Gasteiger partial charge in [0.15, 0.2) is 0 Å². The van der Waals surface area contributed by atoms with Crippen LogP contribution in [0.5, 0.6) is 0 Å². The van der Waals surface area contributed by atoms with E-state index in [1.807, 2.05) is 33.8 Å². The molecular weight excluding hydrogens is 202 g/mol. The van der Waals surface area contributed by atoms with Gasteiger partial charge in [0.05, 0.1) is 0 Å². The summed E-state index contributed by atoms with van der Waals surface area (Å²) in [5, 5.41) is 3.21. The molecule has 0 aliphatic rings. The van der Waals surface area contributed by atoms with Crippen molar-refractivity contribution in [1.29, 1.82) is 0 Å². The Kier molecular flexibility index (Phi) is 6.34. The van der Waals surface area contributed by atoms with E-state index in [0.29, 0.717) is 6.04 Å². The van der Waals surface area contributed by atoms with Gasteiger partial charge in [-0.2, -0.15) is 0 Å². The predicted molar refractivity (Wildman–Crippen MR) is 67.3 cm³/mol. The molecule has 0 saturated carbocycles. The summed E-state index contributed by atoms with van der Waals surface area (Å²) in [7, 11) is 0. The van der Waals surface area contributed by atoms with Crippen LogP contribution in [0.1, 0.15) is 47.5 Å². The molecule has 16 heavy (non-hydrogen) atoms. The largest absolute Gasteiger partial charge is 0.459 e. The number of rotatable bonds is 6. The Morgan fingerprint density at radius 1 is 1.44 bits per heavy atom. The third-order valence-electron chi connectivity index (χ3n) is 2.10. The minimum atomic E-state index is -0.419. The maximum absolute atomic E-state index is 11.7. The van der Waals surface area contributed by atoms with E-state index in [0.717, 1.165) is 12.8 Å². The first-order valence-electron chi connectivity index (χ1n) is 5.86. The molecule has 0 fully saturated rings. The molecule has 0 saturated heterocycles. The number of hydrogen-bond acceptors (Lipinski definition) is 3. The van der Waals surface area contributed by atoms with Gasteiger partial charge >= 0.3 is 5.97 Å². The summed E-state index contributed by atoms with van der Waals surface area (Å²) < 4.78 is 5.28. The Labute approximate surface area is 99.3 Å². The van der Waals surface area contributed by atoms with Gasteiger partial charge < -0.3 is 10.1 Å². The molecule has 0 heterocycles. The van der Waals surface area contributed by atoms with Crippen LogP contribution in [-0.2, 0) is 9.53 Å². The first-order valence-corrected chi connectivity index (χ1v) is 5.86. The maximum Gasteiger partial charge on any atom is 0.323 e. The van der Waals surface area contributed by atoms with Crippen LogP contribution in [0.2, 0.25) is 0 Å². The lowest BCUT2D eigenvalue weighted by Crippen LogP contribution is -2.43. The van der Waals surface area contributed by atoms with Gasteiger partial charge in [-0.3, -0.25) is 4.79 Å². The third kappa shape index (κ3) is 7.46. The van der Waals surface area contributed by atoms with Crippen molar-refractivity contribution in [3.8, 4) is 0 Å². The summed E-state index contributed by atoms with van der Waals surface area (Å²) in [6, 6.07) is 0.0274. The SMILES string of the molecule is C=CCCC(C)N[C@H](C)C(=O)OC(C)(C)C. The van der Waals surface area contributed by atoms with Crippen LogP contribution in [0.15, 0.2) is 12.7 Å². The highest BCUT2D eigenvalue weighted by Gasteiger charge is 2.22. The Hall–Kier alpha value is -0.830. The number of hydrogen-bond donors (Lipinski definition) is 1. The predicted octanol–water partition coefficient (Wildman–Crippen LogP) is 2.66. The van der Waals surface area contributed by atoms with E-state index >= 15 is 0 Å². The molecular formula is C13H25NO2. The molecule has 1 N–H and O–H groups in total. The molecule has 0 radical (unpaired) electrons. The molecule has 0 aromatic heterocycles. The Bertz CT molecular complexity index is 231. The van der Waals surface area contributed by atoms with E-state index in [2.05, 4.69) is 18.8 Å². The minimum absolute atomic E-state index is 0.196. The molecule has 2 atom stereocenters. The molecule has 1 unspecified atom stereocenters. The molecule has 0 aliphatic heterocycles. The van der Waals surface area contributed by atoms with E-state index in [4.69, 9.17) is 4.74 Å². The zero-order valence-corrected chi connectivity index (χ0v) is 11.2. The molecule has 3 nitrogen and oxygen atoms in total. The Morgan fingerprint density at radius 2 is 2.00 bits per heavy atom. The van der Waals surface area contributed by atoms with Crippen LogP contribution in [0, 0.1) is 0 Å². The topological polar surface area (TPSA) is 38.3 Å². The molecule has 0 bridgehead atoms. The number of carbonyl (C=O) groups excluding carboxylic acids is 1. The second-order valence-corrected chi connectivity index (χ2v) is 5.19. The zero-order valence-electron chi connectivity index (χ0n) is 11.2. The van der Waals surface area contributed by atoms with E-state index in [1.54, 1.807) is 0 Å². The molecule has 0 aromatic carbocycles. The summed E-state index contributed by atoms with van der Waals surface area (Å²) in [4.78, 5) is 11.7. The summed E-state index contributed by atoms with van der Waals surface area (Å²) in [5.74, 6) is -0.196. The average molecular weight is 227 g/mol. The Morgan fingerprint density at radius 3 is 2.44 bits per heavy atom. The first kappa shape index (κ1) is 15.2. The lowest BCUT2D eigenvalue weighted by atomic mass is 10.1. The van der Waals surface area contributed by atoms with Gasteiger partial charge in [0.1, 0.15) is 11.6 Å². The van der Waals surface area contributed by atoms with Crippen LogP contribution < -0.4 is 5.32 Å². The summed E-state index contributed by atoms with van der Waals surface area (Å²) >= 11 is 0. The molecule has 94 valence electrons. The van der Waals surface area contributed by atoms with Gasteiger partial charge in [-0.05, 0) is 47.5 Å². The molecule has 0 aliphatic carbocycles. The average Bonchev–Trinajstić information content (AvgIpc) is 2.11. The molecule has 0 amide bonds. The number of esters is 1. The minimum Gasteiger partial charge on any atom is -0.459 e. The maximum atomic E-state index is 11.7. The van der Waals surface area contributed by atoms with E-state index < -0.39 is 5.60 Å². The van der Waals surface area contributed by atoms with Crippen LogP contribution in [-0.4, -0.2) is 23.7 Å². The number of carbonyl (C=O) groups is 1. The van der Waals surface area contributed by atoms with Crippen LogP contribution in [0.3, 0.4) is 0 Å². The third-order valence-corrected chi connectivity index (χ3v) is 2.10. The van der Waals surface area contributed by atoms with Crippen molar-refractivity contribution in [3.05, 3.63) is 12.7 Å². The molecule has 0 spiro atoms. The smallest absolute Gasteiger partial charge is 0.323 e. The van der Waals surface area contributed by atoms with Gasteiger partial charge in [0, 0.05) is 6.04 Å². The zero-order chi connectivity index (χ0) is 12.8. The lowest BCUT2D eigenvalue weighted by Gasteiger charge is -2.24. The quantitative estimate of drug-likeness (QED) is 0.560. The fourth-order valence-corrected chi connectivity index (χ4v) is 1.34. The van der Waals surface area contributed by atoms with Crippen molar-refractivity contribution in [2.24, 2.45) is 0 Å². The fraction of sp³-hybridized carbons (Fsp3) is 0.769. The molecule has 0 rings (SSSR count). The van der Waals surface area contributed by atoms with E-state index in [9.17, 15) is 4.79 Å². The highest BCUT2D eigenvalue weighted by atomic mass is 16.6. The van der Waals surface area contributed by atoms with Crippen molar-refractivity contribution >= 4 is 5.97 Å². The standard InChI is InChI=1S/C13H25NO2/c1-7-8-9-10(2)14-11(3)12(15)16-13(4,5)6/h7,10-11,14H,1,8-9H2,2-6H3/t10?,11-/m1/s1. The van der Waals surface area contributed by atoms with Crippen LogP contribution >= 0.6 is 0 Å². The van der Waals surface area contributed by atoms with Crippen molar-refractivity contribution in [2.45, 2.75) is 65.1 Å². The Balaban J connectivity index is 4.00. The number of nitrogens with one attached hydrogen (secondary N) is 1. The second kappa shape index (κ2) is 6.69. The van der Waals surface area contributed by atoms with Gasteiger partial charge in [0.25, 0.3) is 0 Å². The summed E-state index contributed by atoms with van der Waals surface area (Å²) in [6.07, 6.45) is 3.82. The van der Waals surface area contributed by atoms with E-state index in [-0.39, 0.29) is 12.0 Å². The van der Waals surface area contributed by atoms with Gasteiger partial charge in [-0.1, -0.05) is 6.08 Å². The van der Waals surface area contributed by atoms with Gasteiger partial charge in [0.2, 0.25) is 0 Å². The van der Waals surface area contributed by atoms with Crippen molar-refractivity contribution < 1.29 is 9.53 Å². The van der Waals surface area contributed by atoms with Crippen molar-refractivity contribution in [1.82, 2.24) is 5.32 Å². The second-order valence-electron chi connectivity index (χ2n) is 5.19. The number of ether oxygens (including phenoxy) is 1. The highest BCUT2D eigenvalue weighted by Crippen LogP contribution is 2.09. The van der Waals surface area contributed by atoms with Gasteiger partial charge in [-0.15, -0.1) is 6.58 Å². The van der Waals surface area contributed by atoms with Crippen molar-refractivity contribution in [2.75, 3.05) is 0 Å². The van der Waals surface area contributed by atoms with E-state index in [1.165, 1.54) is 0 Å². The van der Waals surface area contributed by atoms with Crippen LogP contribution in [0.25, 0.3) is 0 Å². The lowest BCUT2D eigenvalue weighted by molar-refractivity contribution is -0.157. The van der Waals surface area contributed by atoms with Gasteiger partial charge in [-0.25, -0.2) is 0 Å². The molecule has 0 aromatic rings. The van der Waals surface area contributed by atoms with Crippen LogP contribution in [0.4, 0.5) is 0 Å². The normalized spacial score (nSPS) is 15.3. The summed E-state index contributed by atoms with van der Waals surface area (Å²) in [5.41, 5.74) is -0.419. The molecule has 3 heteroatoms. The summed E-state index contributed by atoms with van der Waals surface area (Å²) in [6.45, 7) is 13.2. The first-order chi connectivity index (χ1) is 7.26. The van der Waals surface area contributed by atoms with Crippen molar-refractivity contribution in [3.63, 3.8) is 0 Å².